The van der Waals surface area contributed by atoms with Gasteiger partial charge in [-0.1, -0.05) is 29.3 Å². The predicted molar refractivity (Wildman–Crippen MR) is 119 cm³/mol. The van der Waals surface area contributed by atoms with Crippen molar-refractivity contribution in [2.75, 3.05) is 24.8 Å². The van der Waals surface area contributed by atoms with E-state index in [1.54, 1.807) is 13.3 Å². The maximum atomic E-state index is 11.8. The molecule has 0 N–H and O–H groups in total. The van der Waals surface area contributed by atoms with Crippen LogP contribution >= 0.6 is 27.5 Å². The lowest BCUT2D eigenvalue weighted by molar-refractivity contribution is 0.414. The van der Waals surface area contributed by atoms with Crippen molar-refractivity contribution in [3.63, 3.8) is 0 Å². The van der Waals surface area contributed by atoms with Gasteiger partial charge in [0.25, 0.3) is 0 Å². The summed E-state index contributed by atoms with van der Waals surface area (Å²) < 4.78 is 29.6. The fourth-order valence-corrected chi connectivity index (χ4v) is 5.97. The van der Waals surface area contributed by atoms with Crippen molar-refractivity contribution < 1.29 is 13.2 Å². The van der Waals surface area contributed by atoms with Gasteiger partial charge in [-0.2, -0.15) is 0 Å². The van der Waals surface area contributed by atoms with E-state index in [0.29, 0.717) is 18.0 Å². The maximum absolute atomic E-state index is 11.8. The number of halogens is 2. The fraction of sp³-hybridized carbons (Fsp3) is 0.381. The normalized spacial score (nSPS) is 22.5. The first-order chi connectivity index (χ1) is 13.7. The van der Waals surface area contributed by atoms with Crippen LogP contribution in [0.25, 0.3) is 0 Å². The predicted octanol–water partition coefficient (Wildman–Crippen LogP) is 4.88. The number of benzene rings is 1. The molecular formula is C21H22BrClN2O3S. The van der Waals surface area contributed by atoms with Crippen molar-refractivity contribution >= 4 is 43.2 Å². The summed E-state index contributed by atoms with van der Waals surface area (Å²) in [5, 5.41) is 2.10. The van der Waals surface area contributed by atoms with E-state index in [1.165, 1.54) is 11.7 Å². The Morgan fingerprint density at radius 1 is 1.34 bits per heavy atom. The summed E-state index contributed by atoms with van der Waals surface area (Å²) in [4.78, 5) is 6.93. The molecule has 2 aromatic rings. The van der Waals surface area contributed by atoms with E-state index in [0.717, 1.165) is 52.1 Å². The first-order valence-electron chi connectivity index (χ1n) is 9.33. The van der Waals surface area contributed by atoms with Crippen molar-refractivity contribution in [1.29, 1.82) is 0 Å². The zero-order chi connectivity index (χ0) is 20.8. The molecular weight excluding hydrogens is 476 g/mol. The molecule has 0 radical (unpaired) electrons. The molecule has 0 saturated heterocycles. The van der Waals surface area contributed by atoms with Crippen LogP contribution in [0, 0.1) is 0 Å². The van der Waals surface area contributed by atoms with E-state index in [-0.39, 0.29) is 5.41 Å². The summed E-state index contributed by atoms with van der Waals surface area (Å²) in [7, 11) is -1.51. The van der Waals surface area contributed by atoms with E-state index < -0.39 is 9.84 Å². The van der Waals surface area contributed by atoms with Gasteiger partial charge in [-0.25, -0.2) is 13.4 Å². The third kappa shape index (κ3) is 4.05. The molecule has 1 aromatic heterocycles. The molecule has 154 valence electrons. The molecule has 1 aromatic carbocycles. The number of hydrogen-bond donors (Lipinski definition) is 0. The number of fused-ring (bicyclic) bond motifs is 2. The second-order valence-corrected chi connectivity index (χ2v) is 11.0. The number of ether oxygens (including phenoxy) is 1. The third-order valence-electron chi connectivity index (χ3n) is 5.68. The number of allylic oxidation sites excluding steroid dienone is 1. The van der Waals surface area contributed by atoms with Gasteiger partial charge in [0.15, 0.2) is 9.84 Å². The molecule has 0 amide bonds. The molecule has 1 atom stereocenters. The van der Waals surface area contributed by atoms with Crippen LogP contribution in [0.5, 0.6) is 5.75 Å². The minimum absolute atomic E-state index is 0.216. The summed E-state index contributed by atoms with van der Waals surface area (Å²) >= 11 is 10.2. The van der Waals surface area contributed by atoms with Gasteiger partial charge in [-0.3, -0.25) is 0 Å². The monoisotopic (exact) mass is 496 g/mol. The molecule has 1 fully saturated rings. The van der Waals surface area contributed by atoms with Gasteiger partial charge in [0.05, 0.1) is 16.6 Å². The van der Waals surface area contributed by atoms with Crippen molar-refractivity contribution in [2.45, 2.75) is 31.2 Å². The summed E-state index contributed by atoms with van der Waals surface area (Å²) in [6, 6.07) is 8.00. The average molecular weight is 498 g/mol. The zero-order valence-electron chi connectivity index (χ0n) is 16.3. The highest BCUT2D eigenvalue weighted by Crippen LogP contribution is 2.55. The summed E-state index contributed by atoms with van der Waals surface area (Å²) in [5.41, 5.74) is 2.92. The van der Waals surface area contributed by atoms with Crippen molar-refractivity contribution in [3.8, 4) is 5.75 Å². The fourth-order valence-electron chi connectivity index (χ4n) is 4.53. The molecule has 1 aliphatic heterocycles. The first-order valence-corrected chi connectivity index (χ1v) is 12.5. The Hall–Kier alpha value is -1.57. The SMILES string of the molecule is COc1ccc(CN2CC3(CC/C(=C\S(C)(=O)=O)C3)c3c2ncc(Br)c3Cl)cc1. The van der Waals surface area contributed by atoms with Crippen molar-refractivity contribution in [2.24, 2.45) is 0 Å². The van der Waals surface area contributed by atoms with Crippen LogP contribution < -0.4 is 9.64 Å². The number of pyridine rings is 1. The number of hydrogen-bond acceptors (Lipinski definition) is 5. The standard InChI is InChI=1S/C21H22BrClN2O3S/c1-28-16-5-3-14(4-6-16)11-25-13-21(8-7-15(9-21)12-29(2,26)27)18-19(23)17(22)10-24-20(18)25/h3-6,10,12H,7-9,11,13H2,1-2H3/b15-12+. The van der Waals surface area contributed by atoms with Gasteiger partial charge in [-0.15, -0.1) is 0 Å². The van der Waals surface area contributed by atoms with Crippen molar-refractivity contribution in [3.05, 3.63) is 62.1 Å². The minimum atomic E-state index is -3.16. The molecule has 4 rings (SSSR count). The lowest BCUT2D eigenvalue weighted by Gasteiger charge is -2.25. The third-order valence-corrected chi connectivity index (χ3v) is 7.66. The van der Waals surface area contributed by atoms with E-state index >= 15 is 0 Å². The molecule has 29 heavy (non-hydrogen) atoms. The van der Waals surface area contributed by atoms with Crippen LogP contribution in [0.4, 0.5) is 5.82 Å². The molecule has 2 aliphatic rings. The summed E-state index contributed by atoms with van der Waals surface area (Å²) in [6.45, 7) is 1.47. The molecule has 1 saturated carbocycles. The Labute approximate surface area is 184 Å². The van der Waals surface area contributed by atoms with Crippen molar-refractivity contribution in [1.82, 2.24) is 4.98 Å². The van der Waals surface area contributed by atoms with Crippen LogP contribution in [0.15, 0.2) is 45.9 Å². The molecule has 1 spiro atoms. The van der Waals surface area contributed by atoms with E-state index in [1.807, 2.05) is 24.3 Å². The zero-order valence-corrected chi connectivity index (χ0v) is 19.4. The van der Waals surface area contributed by atoms with Gasteiger partial charge < -0.3 is 9.64 Å². The van der Waals surface area contributed by atoms with Gasteiger partial charge in [0.2, 0.25) is 0 Å². The average Bonchev–Trinajstić information content (AvgIpc) is 3.18. The van der Waals surface area contributed by atoms with Crippen LogP contribution in [0.2, 0.25) is 5.02 Å². The maximum Gasteiger partial charge on any atom is 0.168 e. The lowest BCUT2D eigenvalue weighted by Crippen LogP contribution is -2.31. The van der Waals surface area contributed by atoms with Gasteiger partial charge in [0.1, 0.15) is 11.6 Å². The molecule has 8 heteroatoms. The summed E-state index contributed by atoms with van der Waals surface area (Å²) in [5.74, 6) is 1.71. The highest BCUT2D eigenvalue weighted by Gasteiger charge is 2.48. The Morgan fingerprint density at radius 3 is 2.72 bits per heavy atom. The highest BCUT2D eigenvalue weighted by molar-refractivity contribution is 9.10. The van der Waals surface area contributed by atoms with Gasteiger partial charge in [0, 0.05) is 41.9 Å². The number of aromatic nitrogens is 1. The highest BCUT2D eigenvalue weighted by atomic mass is 79.9. The smallest absolute Gasteiger partial charge is 0.168 e. The molecule has 0 bridgehead atoms. The first kappa shape index (κ1) is 20.7. The van der Waals surface area contributed by atoms with Gasteiger partial charge >= 0.3 is 0 Å². The number of sulfone groups is 1. The Bertz CT molecular complexity index is 1090. The number of rotatable bonds is 4. The Morgan fingerprint density at radius 2 is 2.07 bits per heavy atom. The number of methoxy groups -OCH3 is 1. The minimum Gasteiger partial charge on any atom is -0.497 e. The quantitative estimate of drug-likeness (QED) is 0.603. The van der Waals surface area contributed by atoms with E-state index in [4.69, 9.17) is 16.3 Å². The largest absolute Gasteiger partial charge is 0.497 e. The molecule has 5 nitrogen and oxygen atoms in total. The summed E-state index contributed by atoms with van der Waals surface area (Å²) in [6.07, 6.45) is 5.28. The van der Waals surface area contributed by atoms with Crippen LogP contribution in [0.1, 0.15) is 30.4 Å². The second-order valence-electron chi connectivity index (χ2n) is 7.89. The second kappa shape index (κ2) is 7.60. The Balaban J connectivity index is 1.71. The lowest BCUT2D eigenvalue weighted by atomic mass is 9.81. The van der Waals surface area contributed by atoms with E-state index in [9.17, 15) is 8.42 Å². The van der Waals surface area contributed by atoms with Crippen LogP contribution in [-0.2, 0) is 21.8 Å². The molecule has 1 aliphatic carbocycles. The van der Waals surface area contributed by atoms with E-state index in [2.05, 4.69) is 25.8 Å². The van der Waals surface area contributed by atoms with Gasteiger partial charge in [-0.05, 0) is 52.9 Å². The Kier molecular flexibility index (Phi) is 5.42. The van der Waals surface area contributed by atoms with Crippen LogP contribution in [-0.4, -0.2) is 33.3 Å². The van der Waals surface area contributed by atoms with Crippen LogP contribution in [0.3, 0.4) is 0 Å². The number of nitrogens with zero attached hydrogens (tertiary/aromatic N) is 2. The topological polar surface area (TPSA) is 59.5 Å². The number of anilines is 1. The molecule has 1 unspecified atom stereocenters. The molecule has 2 heterocycles.